The Balaban J connectivity index is 1.32. The first-order chi connectivity index (χ1) is 15.7. The highest BCUT2D eigenvalue weighted by Gasteiger charge is 2.56. The van der Waals surface area contributed by atoms with Gasteiger partial charge in [0.05, 0.1) is 10.4 Å². The van der Waals surface area contributed by atoms with E-state index in [0.29, 0.717) is 32.1 Å². The molecule has 0 radical (unpaired) electrons. The van der Waals surface area contributed by atoms with E-state index in [1.165, 1.54) is 24.3 Å². The average molecular weight is 477 g/mol. The Kier molecular flexibility index (Phi) is 6.61. The topological polar surface area (TPSA) is 67.4 Å². The Morgan fingerprint density at radius 2 is 1.88 bits per heavy atom. The number of hydrogen-bond acceptors (Lipinski definition) is 3. The molecule has 2 N–H and O–H groups in total. The van der Waals surface area contributed by atoms with Gasteiger partial charge in [0.25, 0.3) is 5.91 Å². The van der Waals surface area contributed by atoms with E-state index in [9.17, 15) is 18.4 Å². The van der Waals surface area contributed by atoms with E-state index in [2.05, 4.69) is 10.6 Å². The number of halogens is 3. The van der Waals surface area contributed by atoms with Crippen molar-refractivity contribution in [1.82, 2.24) is 10.6 Å². The molecule has 3 saturated carbocycles. The van der Waals surface area contributed by atoms with Crippen molar-refractivity contribution >= 4 is 23.4 Å². The van der Waals surface area contributed by atoms with Crippen LogP contribution in [-0.2, 0) is 16.1 Å². The molecule has 0 aromatic heterocycles. The van der Waals surface area contributed by atoms with Gasteiger partial charge in [-0.2, -0.15) is 0 Å². The molecular formula is C25H27ClF2N2O3. The minimum Gasteiger partial charge on any atom is -0.484 e. The summed E-state index contributed by atoms with van der Waals surface area (Å²) in [7, 11) is 0. The van der Waals surface area contributed by atoms with Gasteiger partial charge >= 0.3 is 0 Å². The summed E-state index contributed by atoms with van der Waals surface area (Å²) in [5.74, 6) is -0.893. The van der Waals surface area contributed by atoms with Gasteiger partial charge in [-0.1, -0.05) is 30.7 Å². The largest absolute Gasteiger partial charge is 0.484 e. The maximum absolute atomic E-state index is 13.5. The van der Waals surface area contributed by atoms with Crippen LogP contribution in [0.2, 0.25) is 5.02 Å². The van der Waals surface area contributed by atoms with Crippen molar-refractivity contribution in [3.8, 4) is 5.75 Å². The quantitative estimate of drug-likeness (QED) is 0.605. The van der Waals surface area contributed by atoms with Gasteiger partial charge in [-0.05, 0) is 67.9 Å². The number of rotatable bonds is 7. The fourth-order valence-corrected chi connectivity index (χ4v) is 5.45. The van der Waals surface area contributed by atoms with Crippen LogP contribution in [0.1, 0.15) is 44.6 Å². The molecular weight excluding hydrogens is 450 g/mol. The summed E-state index contributed by atoms with van der Waals surface area (Å²) in [5.41, 5.74) is -0.117. The summed E-state index contributed by atoms with van der Waals surface area (Å²) in [6, 6.07) is 10.2. The van der Waals surface area contributed by atoms with Crippen LogP contribution >= 0.6 is 11.6 Å². The van der Waals surface area contributed by atoms with E-state index in [4.69, 9.17) is 16.3 Å². The van der Waals surface area contributed by atoms with Crippen LogP contribution in [0, 0.1) is 23.0 Å². The van der Waals surface area contributed by atoms with Crippen molar-refractivity contribution in [2.75, 3.05) is 6.61 Å². The Morgan fingerprint density at radius 3 is 2.55 bits per heavy atom. The lowest BCUT2D eigenvalue weighted by atomic mass is 9.52. The first kappa shape index (κ1) is 23.5. The van der Waals surface area contributed by atoms with Crippen molar-refractivity contribution in [2.24, 2.45) is 11.3 Å². The molecule has 2 bridgehead atoms. The lowest BCUT2D eigenvalue weighted by Gasteiger charge is -2.56. The van der Waals surface area contributed by atoms with Crippen LogP contribution in [0.3, 0.4) is 0 Å². The SMILES string of the molecule is CC1CC2(NC(=O)COc3ccc(Cl)c(F)c3)CCC1(C(=O)NCc1cccc(F)c1)CC2. The standard InChI is InChI=1S/C25H27ClF2N2O3/c1-16-13-24(30-22(31)15-33-19-5-6-20(26)21(28)12-19)7-9-25(16,10-8-24)23(32)29-14-17-3-2-4-18(27)11-17/h2-6,11-12,16H,7-10,13-15H2,1H3,(H,29,32)(H,30,31). The predicted octanol–water partition coefficient (Wildman–Crippen LogP) is 4.77. The number of amides is 2. The number of fused-ring (bicyclic) bond motifs is 3. The van der Waals surface area contributed by atoms with Crippen molar-refractivity contribution in [1.29, 1.82) is 0 Å². The summed E-state index contributed by atoms with van der Waals surface area (Å²) in [6.45, 7) is 2.11. The van der Waals surface area contributed by atoms with Crippen LogP contribution in [0.25, 0.3) is 0 Å². The van der Waals surface area contributed by atoms with Crippen LogP contribution in [0.15, 0.2) is 42.5 Å². The Bertz CT molecular complexity index is 1050. The molecule has 2 aromatic carbocycles. The Hall–Kier alpha value is -2.67. The summed E-state index contributed by atoms with van der Waals surface area (Å²) >= 11 is 5.66. The van der Waals surface area contributed by atoms with Gasteiger partial charge in [0.1, 0.15) is 17.4 Å². The minimum atomic E-state index is -0.603. The molecule has 2 amide bonds. The zero-order chi connectivity index (χ0) is 23.6. The van der Waals surface area contributed by atoms with Gasteiger partial charge in [0.15, 0.2) is 6.61 Å². The summed E-state index contributed by atoms with van der Waals surface area (Å²) < 4.78 is 32.4. The lowest BCUT2D eigenvalue weighted by molar-refractivity contribution is -0.146. The maximum Gasteiger partial charge on any atom is 0.258 e. The summed E-state index contributed by atoms with van der Waals surface area (Å²) in [6.07, 6.45) is 3.44. The fraction of sp³-hybridized carbons (Fsp3) is 0.440. The predicted molar refractivity (Wildman–Crippen MR) is 121 cm³/mol. The summed E-state index contributed by atoms with van der Waals surface area (Å²) in [5, 5.41) is 6.09. The number of carbonyl (C=O) groups excluding carboxylic acids is 2. The second-order valence-electron chi connectivity index (χ2n) is 9.27. The number of ether oxygens (including phenoxy) is 1. The zero-order valence-corrected chi connectivity index (χ0v) is 19.2. The van der Waals surface area contributed by atoms with Crippen molar-refractivity contribution in [2.45, 2.75) is 51.1 Å². The molecule has 5 nitrogen and oxygen atoms in total. The fourth-order valence-electron chi connectivity index (χ4n) is 5.33. The number of benzene rings is 2. The molecule has 2 aromatic rings. The van der Waals surface area contributed by atoms with Crippen molar-refractivity contribution in [3.63, 3.8) is 0 Å². The van der Waals surface area contributed by atoms with Crippen molar-refractivity contribution < 1.29 is 23.1 Å². The number of carbonyl (C=O) groups is 2. The van der Waals surface area contributed by atoms with Gasteiger partial charge in [0.2, 0.25) is 5.91 Å². The van der Waals surface area contributed by atoms with E-state index in [1.54, 1.807) is 12.1 Å². The van der Waals surface area contributed by atoms with Gasteiger partial charge in [-0.25, -0.2) is 8.78 Å². The van der Waals surface area contributed by atoms with E-state index >= 15 is 0 Å². The molecule has 1 unspecified atom stereocenters. The first-order valence-corrected chi connectivity index (χ1v) is 11.5. The molecule has 8 heteroatoms. The smallest absolute Gasteiger partial charge is 0.258 e. The molecule has 0 saturated heterocycles. The van der Waals surface area contributed by atoms with E-state index < -0.39 is 11.2 Å². The maximum atomic E-state index is 13.5. The van der Waals surface area contributed by atoms with Gasteiger partial charge in [-0.3, -0.25) is 9.59 Å². The van der Waals surface area contributed by atoms with Crippen LogP contribution in [0.4, 0.5) is 8.78 Å². The van der Waals surface area contributed by atoms with E-state index in [-0.39, 0.29) is 53.0 Å². The highest BCUT2D eigenvalue weighted by atomic mass is 35.5. The van der Waals surface area contributed by atoms with Crippen LogP contribution in [-0.4, -0.2) is 24.0 Å². The third kappa shape index (κ3) is 4.98. The first-order valence-electron chi connectivity index (χ1n) is 11.1. The Morgan fingerprint density at radius 1 is 1.12 bits per heavy atom. The van der Waals surface area contributed by atoms with E-state index in [0.717, 1.165) is 11.6 Å². The molecule has 0 heterocycles. The molecule has 33 heavy (non-hydrogen) atoms. The number of hydrogen-bond donors (Lipinski definition) is 2. The molecule has 3 fully saturated rings. The third-order valence-corrected chi connectivity index (χ3v) is 7.51. The summed E-state index contributed by atoms with van der Waals surface area (Å²) in [4.78, 5) is 25.7. The minimum absolute atomic E-state index is 0.00691. The lowest BCUT2D eigenvalue weighted by Crippen LogP contribution is -2.63. The zero-order valence-electron chi connectivity index (χ0n) is 18.4. The highest BCUT2D eigenvalue weighted by Crippen LogP contribution is 2.55. The normalized spacial score (nSPS) is 26.0. The van der Waals surface area contributed by atoms with Gasteiger partial charge in [0, 0.05) is 18.2 Å². The molecule has 0 aliphatic heterocycles. The van der Waals surface area contributed by atoms with Crippen LogP contribution < -0.4 is 15.4 Å². The van der Waals surface area contributed by atoms with E-state index in [1.807, 2.05) is 6.92 Å². The second kappa shape index (κ2) is 9.29. The second-order valence-corrected chi connectivity index (χ2v) is 9.67. The number of nitrogens with one attached hydrogen (secondary N) is 2. The van der Waals surface area contributed by atoms with Crippen LogP contribution in [0.5, 0.6) is 5.75 Å². The Labute approximate surface area is 196 Å². The average Bonchev–Trinajstić information content (AvgIpc) is 2.79. The molecule has 3 aliphatic carbocycles. The molecule has 176 valence electrons. The van der Waals surface area contributed by atoms with Gasteiger partial charge in [-0.15, -0.1) is 0 Å². The van der Waals surface area contributed by atoms with Crippen molar-refractivity contribution in [3.05, 3.63) is 64.7 Å². The highest BCUT2D eigenvalue weighted by molar-refractivity contribution is 6.30. The third-order valence-electron chi connectivity index (χ3n) is 7.20. The monoisotopic (exact) mass is 476 g/mol. The molecule has 5 rings (SSSR count). The molecule has 1 atom stereocenters. The molecule has 3 aliphatic rings. The van der Waals surface area contributed by atoms with Gasteiger partial charge < -0.3 is 15.4 Å². The molecule has 0 spiro atoms.